The number of nitriles is 1. The summed E-state index contributed by atoms with van der Waals surface area (Å²) in [6.45, 7) is 0. The molecule has 74 valence electrons. The van der Waals surface area contributed by atoms with Gasteiger partial charge in [-0.3, -0.25) is 0 Å². The van der Waals surface area contributed by atoms with E-state index in [2.05, 4.69) is 6.07 Å². The molecule has 0 spiro atoms. The second-order valence-corrected chi connectivity index (χ2v) is 5.43. The molecule has 0 fully saturated rings. The van der Waals surface area contributed by atoms with Gasteiger partial charge in [0.25, 0.3) is 0 Å². The SMILES string of the molecule is CSc1sc(C#N)c2c1[C@H](O)CCC2. The minimum absolute atomic E-state index is 0.348. The van der Waals surface area contributed by atoms with Crippen molar-refractivity contribution in [2.75, 3.05) is 6.26 Å². The monoisotopic (exact) mass is 225 g/mol. The average molecular weight is 225 g/mol. The van der Waals surface area contributed by atoms with Crippen LogP contribution in [0.4, 0.5) is 0 Å². The molecule has 1 aromatic rings. The number of rotatable bonds is 1. The Morgan fingerprint density at radius 3 is 3.07 bits per heavy atom. The normalized spacial score (nSPS) is 20.2. The van der Waals surface area contributed by atoms with Crippen molar-refractivity contribution >= 4 is 23.1 Å². The Bertz CT molecular complexity index is 392. The van der Waals surface area contributed by atoms with Crippen molar-refractivity contribution in [1.82, 2.24) is 0 Å². The van der Waals surface area contributed by atoms with Gasteiger partial charge >= 0.3 is 0 Å². The zero-order valence-corrected chi connectivity index (χ0v) is 9.54. The van der Waals surface area contributed by atoms with Crippen LogP contribution >= 0.6 is 23.1 Å². The van der Waals surface area contributed by atoms with E-state index in [4.69, 9.17) is 5.26 Å². The van der Waals surface area contributed by atoms with Crippen molar-refractivity contribution < 1.29 is 5.11 Å². The molecule has 0 amide bonds. The first-order chi connectivity index (χ1) is 6.77. The molecule has 14 heavy (non-hydrogen) atoms. The van der Waals surface area contributed by atoms with Gasteiger partial charge < -0.3 is 5.11 Å². The van der Waals surface area contributed by atoms with E-state index in [1.165, 1.54) is 11.3 Å². The summed E-state index contributed by atoms with van der Waals surface area (Å²) < 4.78 is 1.11. The molecule has 0 radical (unpaired) electrons. The van der Waals surface area contributed by atoms with Crippen molar-refractivity contribution in [3.05, 3.63) is 16.0 Å². The summed E-state index contributed by atoms with van der Waals surface area (Å²) in [5.41, 5.74) is 2.13. The molecule has 1 heterocycles. The van der Waals surface area contributed by atoms with E-state index in [9.17, 15) is 5.11 Å². The fraction of sp³-hybridized carbons (Fsp3) is 0.500. The lowest BCUT2D eigenvalue weighted by Gasteiger charge is -2.18. The van der Waals surface area contributed by atoms with E-state index in [0.29, 0.717) is 0 Å². The lowest BCUT2D eigenvalue weighted by atomic mass is 9.92. The number of aliphatic hydroxyl groups excluding tert-OH is 1. The van der Waals surface area contributed by atoms with Crippen molar-refractivity contribution in [2.45, 2.75) is 29.6 Å². The molecule has 1 aliphatic carbocycles. The summed E-state index contributed by atoms with van der Waals surface area (Å²) in [5, 5.41) is 18.8. The maximum absolute atomic E-state index is 9.87. The molecular weight excluding hydrogens is 214 g/mol. The molecule has 1 aromatic heterocycles. The molecule has 0 aliphatic heterocycles. The van der Waals surface area contributed by atoms with Crippen LogP contribution in [0, 0.1) is 11.3 Å². The van der Waals surface area contributed by atoms with Gasteiger partial charge in [-0.05, 0) is 31.1 Å². The van der Waals surface area contributed by atoms with E-state index >= 15 is 0 Å². The molecule has 2 rings (SSSR count). The molecule has 0 bridgehead atoms. The molecule has 0 aromatic carbocycles. The molecule has 0 saturated heterocycles. The Balaban J connectivity index is 2.57. The molecule has 4 heteroatoms. The van der Waals surface area contributed by atoms with Crippen LogP contribution < -0.4 is 0 Å². The molecule has 0 unspecified atom stereocenters. The fourth-order valence-electron chi connectivity index (χ4n) is 1.90. The first kappa shape index (κ1) is 10.0. The van der Waals surface area contributed by atoms with Gasteiger partial charge in [0, 0.05) is 5.56 Å². The lowest BCUT2D eigenvalue weighted by molar-refractivity contribution is 0.154. The smallest absolute Gasteiger partial charge is 0.110 e. The van der Waals surface area contributed by atoms with Crippen molar-refractivity contribution in [1.29, 1.82) is 5.26 Å². The van der Waals surface area contributed by atoms with Crippen LogP contribution in [0.2, 0.25) is 0 Å². The highest BCUT2D eigenvalue weighted by molar-refractivity contribution is 8.00. The summed E-state index contributed by atoms with van der Waals surface area (Å²) in [6, 6.07) is 2.22. The second kappa shape index (κ2) is 3.93. The summed E-state index contributed by atoms with van der Waals surface area (Å²) in [7, 11) is 0. The third-order valence-corrected chi connectivity index (χ3v) is 4.83. The molecule has 1 atom stereocenters. The minimum Gasteiger partial charge on any atom is -0.388 e. The van der Waals surface area contributed by atoms with Crippen LogP contribution in [-0.4, -0.2) is 11.4 Å². The van der Waals surface area contributed by atoms with Gasteiger partial charge in [-0.15, -0.1) is 23.1 Å². The predicted octanol–water partition coefficient (Wildman–Crippen LogP) is 2.71. The largest absolute Gasteiger partial charge is 0.388 e. The summed E-state index contributed by atoms with van der Waals surface area (Å²) in [6.07, 6.45) is 4.43. The topological polar surface area (TPSA) is 44.0 Å². The Kier molecular flexibility index (Phi) is 2.82. The Hall–Kier alpha value is -0.500. The molecule has 0 saturated carbocycles. The van der Waals surface area contributed by atoms with Gasteiger partial charge in [0.15, 0.2) is 0 Å². The number of thiophene rings is 1. The summed E-state index contributed by atoms with van der Waals surface area (Å²) in [5.74, 6) is 0. The van der Waals surface area contributed by atoms with E-state index in [0.717, 1.165) is 39.5 Å². The van der Waals surface area contributed by atoms with Gasteiger partial charge in [-0.2, -0.15) is 5.26 Å². The van der Waals surface area contributed by atoms with E-state index < -0.39 is 0 Å². The zero-order chi connectivity index (χ0) is 10.1. The fourth-order valence-corrected chi connectivity index (χ4v) is 3.90. The van der Waals surface area contributed by atoms with Crippen LogP contribution in [0.1, 0.15) is 34.9 Å². The van der Waals surface area contributed by atoms with E-state index in [1.807, 2.05) is 6.26 Å². The van der Waals surface area contributed by atoms with Gasteiger partial charge in [0.05, 0.1) is 10.3 Å². The van der Waals surface area contributed by atoms with Gasteiger partial charge in [0.1, 0.15) is 10.9 Å². The lowest BCUT2D eigenvalue weighted by Crippen LogP contribution is -2.08. The second-order valence-electron chi connectivity index (χ2n) is 3.33. The quantitative estimate of drug-likeness (QED) is 0.747. The standard InChI is InChI=1S/C10H11NOS2/c1-13-10-9-6(8(5-11)14-10)3-2-4-7(9)12/h7,12H,2-4H2,1H3/t7-/m1/s1. The Morgan fingerprint density at radius 2 is 2.43 bits per heavy atom. The van der Waals surface area contributed by atoms with Crippen molar-refractivity contribution in [3.63, 3.8) is 0 Å². The highest BCUT2D eigenvalue weighted by Crippen LogP contribution is 2.43. The number of aliphatic hydroxyl groups is 1. The zero-order valence-electron chi connectivity index (χ0n) is 7.91. The number of hydrogen-bond acceptors (Lipinski definition) is 4. The van der Waals surface area contributed by atoms with Crippen molar-refractivity contribution in [3.8, 4) is 6.07 Å². The van der Waals surface area contributed by atoms with Crippen LogP contribution in [0.3, 0.4) is 0 Å². The van der Waals surface area contributed by atoms with Gasteiger partial charge in [0.2, 0.25) is 0 Å². The first-order valence-corrected chi connectivity index (χ1v) is 6.59. The maximum Gasteiger partial charge on any atom is 0.110 e. The Morgan fingerprint density at radius 1 is 1.64 bits per heavy atom. The van der Waals surface area contributed by atoms with Crippen LogP contribution in [0.15, 0.2) is 4.21 Å². The molecular formula is C10H11NOS2. The molecule has 2 nitrogen and oxygen atoms in total. The van der Waals surface area contributed by atoms with E-state index in [1.54, 1.807) is 11.8 Å². The molecule has 1 aliphatic rings. The number of thioether (sulfide) groups is 1. The van der Waals surface area contributed by atoms with Gasteiger partial charge in [-0.25, -0.2) is 0 Å². The van der Waals surface area contributed by atoms with Crippen LogP contribution in [0.25, 0.3) is 0 Å². The molecule has 1 N–H and O–H groups in total. The average Bonchev–Trinajstić information content (AvgIpc) is 2.57. The number of fused-ring (bicyclic) bond motifs is 1. The predicted molar refractivity (Wildman–Crippen MR) is 58.7 cm³/mol. The number of hydrogen-bond donors (Lipinski definition) is 1. The van der Waals surface area contributed by atoms with Gasteiger partial charge in [-0.1, -0.05) is 0 Å². The maximum atomic E-state index is 9.87. The third-order valence-electron chi connectivity index (χ3n) is 2.54. The highest BCUT2D eigenvalue weighted by atomic mass is 32.2. The first-order valence-electron chi connectivity index (χ1n) is 4.55. The highest BCUT2D eigenvalue weighted by Gasteiger charge is 2.26. The van der Waals surface area contributed by atoms with Crippen molar-refractivity contribution in [2.24, 2.45) is 0 Å². The summed E-state index contributed by atoms with van der Waals surface area (Å²) in [4.78, 5) is 0.795. The summed E-state index contributed by atoms with van der Waals surface area (Å²) >= 11 is 3.15. The van der Waals surface area contributed by atoms with Crippen LogP contribution in [0.5, 0.6) is 0 Å². The Labute approximate surface area is 91.6 Å². The number of nitrogens with zero attached hydrogens (tertiary/aromatic N) is 1. The van der Waals surface area contributed by atoms with Crippen LogP contribution in [-0.2, 0) is 6.42 Å². The third kappa shape index (κ3) is 1.46. The minimum atomic E-state index is -0.348. The van der Waals surface area contributed by atoms with E-state index in [-0.39, 0.29) is 6.10 Å².